The number of halogens is 2. The Hall–Kier alpha value is -1.87. The van der Waals surface area contributed by atoms with Crippen molar-refractivity contribution in [2.24, 2.45) is 23.3 Å². The molecule has 34 heavy (non-hydrogen) atoms. The predicted molar refractivity (Wildman–Crippen MR) is 139 cm³/mol. The molecule has 1 saturated heterocycles. The molecule has 10 heteroatoms. The number of rotatable bonds is 8. The standard InChI is InChI=1S/C24H36N6O2.2ClH/c1-28-20(13-16-5-3-2-4-6-16)21(31)30(12-11-18-14-24(18,30)22(25)32)15-17-7-9-19(10-8-17)29-23(26)27;;/h7-10,16,18,20,28H,2-6,11-15H2,1H3,(H5-,25,26,27,29,32);2*1H/p+1/t18-,20-,24+,30?;;/m1../s1. The third kappa shape index (κ3) is 5.05. The second-order valence-corrected chi connectivity index (χ2v) is 9.98. The number of amides is 2. The van der Waals surface area contributed by atoms with Crippen LogP contribution in [0, 0.1) is 17.2 Å². The molecule has 4 rings (SSSR count). The highest BCUT2D eigenvalue weighted by Gasteiger charge is 2.79. The van der Waals surface area contributed by atoms with Gasteiger partial charge in [0.15, 0.2) is 11.5 Å². The van der Waals surface area contributed by atoms with Gasteiger partial charge in [-0.15, -0.1) is 24.8 Å². The van der Waals surface area contributed by atoms with Crippen molar-refractivity contribution < 1.29 is 14.1 Å². The second kappa shape index (κ2) is 11.2. The summed E-state index contributed by atoms with van der Waals surface area (Å²) >= 11 is 0. The predicted octanol–water partition coefficient (Wildman–Crippen LogP) is 2.89. The van der Waals surface area contributed by atoms with E-state index in [1.54, 1.807) is 0 Å². The van der Waals surface area contributed by atoms with E-state index in [0.717, 1.165) is 24.1 Å². The van der Waals surface area contributed by atoms with Gasteiger partial charge in [-0.1, -0.05) is 44.2 Å². The first-order valence-corrected chi connectivity index (χ1v) is 11.9. The quantitative estimate of drug-likeness (QED) is 0.207. The van der Waals surface area contributed by atoms with Gasteiger partial charge in [0, 0.05) is 30.0 Å². The van der Waals surface area contributed by atoms with Gasteiger partial charge in [0.1, 0.15) is 12.6 Å². The molecule has 190 valence electrons. The van der Waals surface area contributed by atoms with Crippen LogP contribution in [0.3, 0.4) is 0 Å². The number of primary amides is 1. The normalized spacial score (nSPS) is 28.6. The molecule has 3 fully saturated rings. The summed E-state index contributed by atoms with van der Waals surface area (Å²) < 4.78 is 0.130. The van der Waals surface area contributed by atoms with E-state index < -0.39 is 5.54 Å². The van der Waals surface area contributed by atoms with Gasteiger partial charge in [-0.05, 0) is 31.5 Å². The molecule has 7 N–H and O–H groups in total. The van der Waals surface area contributed by atoms with E-state index in [0.29, 0.717) is 25.4 Å². The Balaban J connectivity index is 0.00000204. The molecule has 4 atom stereocenters. The van der Waals surface area contributed by atoms with Crippen LogP contribution in [0.4, 0.5) is 5.69 Å². The van der Waals surface area contributed by atoms with Crippen LogP contribution in [0.2, 0.25) is 0 Å². The van der Waals surface area contributed by atoms with Gasteiger partial charge < -0.3 is 22.1 Å². The van der Waals surface area contributed by atoms with Gasteiger partial charge >= 0.3 is 5.91 Å². The molecular weight excluding hydrogens is 475 g/mol. The molecule has 2 saturated carbocycles. The van der Waals surface area contributed by atoms with Crippen LogP contribution in [0.15, 0.2) is 24.3 Å². The van der Waals surface area contributed by atoms with Crippen LogP contribution >= 0.6 is 24.8 Å². The summed E-state index contributed by atoms with van der Waals surface area (Å²) in [7, 11) is 1.86. The van der Waals surface area contributed by atoms with Crippen molar-refractivity contribution in [2.75, 3.05) is 18.9 Å². The lowest BCUT2D eigenvalue weighted by Crippen LogP contribution is -2.67. The number of guanidine groups is 1. The van der Waals surface area contributed by atoms with Gasteiger partial charge in [-0.3, -0.25) is 10.2 Å². The van der Waals surface area contributed by atoms with E-state index in [1.807, 2.05) is 31.3 Å². The Kier molecular flexibility index (Phi) is 9.38. The summed E-state index contributed by atoms with van der Waals surface area (Å²) in [5.74, 6) is 0.418. The fourth-order valence-corrected chi connectivity index (χ4v) is 6.43. The number of benzene rings is 1. The second-order valence-electron chi connectivity index (χ2n) is 9.98. The molecule has 1 heterocycles. The van der Waals surface area contributed by atoms with Crippen molar-refractivity contribution in [2.45, 2.75) is 69.5 Å². The zero-order valence-corrected chi connectivity index (χ0v) is 21.5. The number of piperidine rings is 1. The largest absolute Gasteiger partial charge is 0.370 e. The lowest BCUT2D eigenvalue weighted by molar-refractivity contribution is -0.885. The first-order valence-electron chi connectivity index (χ1n) is 11.9. The smallest absolute Gasteiger partial charge is 0.331 e. The van der Waals surface area contributed by atoms with Gasteiger partial charge in [-0.2, -0.15) is 0 Å². The van der Waals surface area contributed by atoms with E-state index >= 15 is 0 Å². The summed E-state index contributed by atoms with van der Waals surface area (Å²) in [4.78, 5) is 26.9. The Morgan fingerprint density at radius 2 is 1.76 bits per heavy atom. The Labute approximate surface area is 214 Å². The summed E-state index contributed by atoms with van der Waals surface area (Å²) in [6, 6.07) is 7.32. The number of nitrogens with zero attached hydrogens (tertiary/aromatic N) is 1. The fraction of sp³-hybridized carbons (Fsp3) is 0.625. The topological polar surface area (TPSA) is 134 Å². The van der Waals surface area contributed by atoms with E-state index in [2.05, 4.69) is 10.6 Å². The van der Waals surface area contributed by atoms with E-state index in [1.165, 1.54) is 32.1 Å². The molecular formula is C24H39Cl2N6O2+. The lowest BCUT2D eigenvalue weighted by Gasteiger charge is -2.41. The molecule has 0 aromatic heterocycles. The van der Waals surface area contributed by atoms with Crippen LogP contribution in [0.1, 0.15) is 56.9 Å². The number of fused-ring (bicyclic) bond motifs is 1. The number of hydrogen-bond acceptors (Lipinski definition) is 4. The van der Waals surface area contributed by atoms with Crippen molar-refractivity contribution in [3.05, 3.63) is 29.8 Å². The SMILES string of the molecule is CN[C@H](CC1CCCCC1)C(=O)[N+]1(Cc2ccc(NC(=N)N)cc2)CC[C@@H]2C[C@@]21C(N)=O.Cl.Cl. The Morgan fingerprint density at radius 1 is 1.12 bits per heavy atom. The minimum absolute atomic E-state index is 0. The maximum atomic E-state index is 14.2. The molecule has 8 nitrogen and oxygen atoms in total. The summed E-state index contributed by atoms with van der Waals surface area (Å²) in [6.07, 6.45) is 8.52. The third-order valence-corrected chi connectivity index (χ3v) is 8.17. The van der Waals surface area contributed by atoms with Crippen molar-refractivity contribution >= 4 is 48.3 Å². The number of likely N-dealkylation sites (N-methyl/N-ethyl adjacent to an activating group) is 1. The average molecular weight is 515 g/mol. The first-order chi connectivity index (χ1) is 15.3. The highest BCUT2D eigenvalue weighted by Crippen LogP contribution is 2.61. The first kappa shape index (κ1) is 28.4. The molecule has 2 amide bonds. The molecule has 3 aliphatic rings. The highest BCUT2D eigenvalue weighted by molar-refractivity contribution is 5.91. The molecule has 2 aliphatic carbocycles. The number of carbonyl (C=O) groups is 2. The highest BCUT2D eigenvalue weighted by atomic mass is 35.5. The number of carbonyl (C=O) groups excluding carboxylic acids is 2. The molecule has 0 spiro atoms. The Morgan fingerprint density at radius 3 is 2.29 bits per heavy atom. The molecule has 1 aromatic carbocycles. The number of hydrogen-bond donors (Lipinski definition) is 5. The van der Waals surface area contributed by atoms with Gasteiger partial charge in [-0.25, -0.2) is 9.28 Å². The van der Waals surface area contributed by atoms with Crippen molar-refractivity contribution in [3.8, 4) is 0 Å². The number of nitrogens with one attached hydrogen (secondary N) is 3. The maximum Gasteiger partial charge on any atom is 0.331 e. The van der Waals surface area contributed by atoms with Gasteiger partial charge in [0.05, 0.1) is 6.54 Å². The van der Waals surface area contributed by atoms with Crippen LogP contribution in [-0.2, 0) is 16.1 Å². The molecule has 1 unspecified atom stereocenters. The third-order valence-electron chi connectivity index (χ3n) is 8.17. The zero-order valence-electron chi connectivity index (χ0n) is 19.8. The van der Waals surface area contributed by atoms with Crippen LogP contribution < -0.4 is 22.1 Å². The number of likely N-dealkylation sites (tertiary alicyclic amines) is 1. The molecule has 0 bridgehead atoms. The Bertz CT molecular complexity index is 892. The van der Waals surface area contributed by atoms with Gasteiger partial charge in [0.2, 0.25) is 0 Å². The van der Waals surface area contributed by atoms with Crippen LogP contribution in [0.25, 0.3) is 0 Å². The van der Waals surface area contributed by atoms with E-state index in [4.69, 9.17) is 16.9 Å². The average Bonchev–Trinajstić information content (AvgIpc) is 3.45. The van der Waals surface area contributed by atoms with E-state index in [9.17, 15) is 9.59 Å². The summed E-state index contributed by atoms with van der Waals surface area (Å²) in [6.45, 7) is 1.12. The van der Waals surface area contributed by atoms with Crippen molar-refractivity contribution in [3.63, 3.8) is 0 Å². The fourth-order valence-electron chi connectivity index (χ4n) is 6.43. The number of quaternary nitrogens is 1. The monoisotopic (exact) mass is 513 g/mol. The van der Waals surface area contributed by atoms with Crippen LogP contribution in [-0.4, -0.2) is 47.4 Å². The zero-order chi connectivity index (χ0) is 22.9. The molecule has 0 radical (unpaired) electrons. The van der Waals surface area contributed by atoms with Crippen molar-refractivity contribution in [1.82, 2.24) is 5.32 Å². The van der Waals surface area contributed by atoms with Crippen LogP contribution in [0.5, 0.6) is 0 Å². The molecule has 1 aliphatic heterocycles. The van der Waals surface area contributed by atoms with E-state index in [-0.39, 0.29) is 59.0 Å². The number of nitrogens with two attached hydrogens (primary N) is 2. The summed E-state index contributed by atoms with van der Waals surface area (Å²) in [5.41, 5.74) is 12.3. The minimum atomic E-state index is -0.769. The molecule has 1 aromatic rings. The minimum Gasteiger partial charge on any atom is -0.370 e. The lowest BCUT2D eigenvalue weighted by atomic mass is 9.84. The summed E-state index contributed by atoms with van der Waals surface area (Å²) in [5, 5.41) is 13.5. The number of anilines is 1. The maximum absolute atomic E-state index is 14.2. The van der Waals surface area contributed by atoms with Crippen molar-refractivity contribution in [1.29, 1.82) is 5.41 Å². The van der Waals surface area contributed by atoms with Gasteiger partial charge in [0.25, 0.3) is 5.91 Å².